The zero-order chi connectivity index (χ0) is 7.24. The highest BCUT2D eigenvalue weighted by atomic mass is 32.3. The normalized spacial score (nSPS) is 34.0. The third-order valence-electron chi connectivity index (χ3n) is 0.938. The molecule has 0 aromatic rings. The first-order valence-electron chi connectivity index (χ1n) is 2.23. The van der Waals surface area contributed by atoms with E-state index in [0.717, 1.165) is 0 Å². The second-order valence-electron chi connectivity index (χ2n) is 1.56. The van der Waals surface area contributed by atoms with Gasteiger partial charge in [-0.1, -0.05) is 0 Å². The molecule has 8 heteroatoms. The van der Waals surface area contributed by atoms with Gasteiger partial charge in [-0.05, 0) is 0 Å². The average molecular weight is 186 g/mol. The van der Waals surface area contributed by atoms with Crippen LogP contribution >= 0.6 is 12.0 Å². The minimum absolute atomic E-state index is 0.304. The molecule has 2 fully saturated rings. The SMILES string of the molecule is O=S1(=O)OCOSC12OO2. The van der Waals surface area contributed by atoms with E-state index in [1.165, 1.54) is 0 Å². The molecule has 10 heavy (non-hydrogen) atoms. The number of hydrogen-bond donors (Lipinski definition) is 0. The molecule has 0 radical (unpaired) electrons. The molecule has 2 saturated heterocycles. The first kappa shape index (κ1) is 6.83. The van der Waals surface area contributed by atoms with E-state index in [-0.39, 0.29) is 6.79 Å². The lowest BCUT2D eigenvalue weighted by Gasteiger charge is -2.12. The molecule has 0 unspecified atom stereocenters. The summed E-state index contributed by atoms with van der Waals surface area (Å²) in [5, 5.41) is 0. The molecule has 1 spiro atoms. The van der Waals surface area contributed by atoms with Crippen molar-refractivity contribution >= 4 is 22.2 Å². The van der Waals surface area contributed by atoms with Gasteiger partial charge in [-0.2, -0.15) is 18.2 Å². The van der Waals surface area contributed by atoms with Crippen molar-refractivity contribution in [2.45, 2.75) is 4.45 Å². The Kier molecular flexibility index (Phi) is 1.26. The standard InChI is InChI=1S/C2H2O6S2/c3-10(4)2(7-8-2)9-5-1-6-10/h1H2. The van der Waals surface area contributed by atoms with Crippen LogP contribution in [-0.4, -0.2) is 19.7 Å². The molecule has 0 aromatic carbocycles. The van der Waals surface area contributed by atoms with Gasteiger partial charge < -0.3 is 0 Å². The van der Waals surface area contributed by atoms with Crippen LogP contribution in [0.2, 0.25) is 0 Å². The van der Waals surface area contributed by atoms with Crippen LogP contribution in [0.3, 0.4) is 0 Å². The Morgan fingerprint density at radius 3 is 2.50 bits per heavy atom. The highest BCUT2D eigenvalue weighted by molar-refractivity contribution is 8.10. The van der Waals surface area contributed by atoms with E-state index in [0.29, 0.717) is 12.0 Å². The lowest BCUT2D eigenvalue weighted by molar-refractivity contribution is 0.0850. The summed E-state index contributed by atoms with van der Waals surface area (Å²) in [6, 6.07) is 0. The van der Waals surface area contributed by atoms with Gasteiger partial charge in [0.1, 0.15) is 0 Å². The van der Waals surface area contributed by atoms with E-state index in [1.807, 2.05) is 0 Å². The molecule has 0 N–H and O–H groups in total. The van der Waals surface area contributed by atoms with Gasteiger partial charge in [0.05, 0.1) is 12.0 Å². The first-order chi connectivity index (χ1) is 4.66. The van der Waals surface area contributed by atoms with Crippen LogP contribution in [0.25, 0.3) is 0 Å². The molecule has 0 aliphatic carbocycles. The molecule has 0 amide bonds. The van der Waals surface area contributed by atoms with Crippen LogP contribution in [0, 0.1) is 0 Å². The number of hydrogen-bond acceptors (Lipinski definition) is 7. The van der Waals surface area contributed by atoms with Crippen molar-refractivity contribution in [2.75, 3.05) is 6.79 Å². The van der Waals surface area contributed by atoms with E-state index in [1.54, 1.807) is 0 Å². The molecule has 2 rings (SSSR count). The Morgan fingerprint density at radius 2 is 2.10 bits per heavy atom. The highest BCUT2D eigenvalue weighted by Crippen LogP contribution is 2.49. The Balaban J connectivity index is 2.32. The molecule has 2 heterocycles. The maximum absolute atomic E-state index is 10.8. The van der Waals surface area contributed by atoms with Gasteiger partial charge >= 0.3 is 14.6 Å². The summed E-state index contributed by atoms with van der Waals surface area (Å²) < 4.78 is 28.6. The molecule has 6 nitrogen and oxygen atoms in total. The summed E-state index contributed by atoms with van der Waals surface area (Å²) in [4.78, 5) is 8.35. The van der Waals surface area contributed by atoms with Crippen molar-refractivity contribution in [1.29, 1.82) is 0 Å². The van der Waals surface area contributed by atoms with Crippen LogP contribution < -0.4 is 0 Å². The predicted octanol–water partition coefficient (Wildman–Crippen LogP) is -0.458. The molecule has 0 atom stereocenters. The zero-order valence-corrected chi connectivity index (χ0v) is 6.11. The third-order valence-corrected chi connectivity index (χ3v) is 3.46. The van der Waals surface area contributed by atoms with E-state index >= 15 is 0 Å². The molecule has 0 bridgehead atoms. The van der Waals surface area contributed by atoms with Gasteiger partial charge in [0.15, 0.2) is 6.79 Å². The van der Waals surface area contributed by atoms with E-state index in [2.05, 4.69) is 18.1 Å². The van der Waals surface area contributed by atoms with Gasteiger partial charge in [0, 0.05) is 0 Å². The van der Waals surface area contributed by atoms with Crippen molar-refractivity contribution < 1.29 is 26.6 Å². The second-order valence-corrected chi connectivity index (χ2v) is 4.44. The molecule has 2 aliphatic heterocycles. The summed E-state index contributed by atoms with van der Waals surface area (Å²) in [5.74, 6) is 0. The van der Waals surface area contributed by atoms with Crippen molar-refractivity contribution in [2.24, 2.45) is 0 Å². The van der Waals surface area contributed by atoms with Crippen molar-refractivity contribution in [3.63, 3.8) is 0 Å². The Bertz CT molecular complexity index is 238. The Hall–Kier alpha value is 0.140. The third kappa shape index (κ3) is 0.775. The minimum Gasteiger partial charge on any atom is -0.279 e. The monoisotopic (exact) mass is 186 g/mol. The van der Waals surface area contributed by atoms with Crippen LogP contribution in [0.15, 0.2) is 0 Å². The van der Waals surface area contributed by atoms with Crippen molar-refractivity contribution in [3.05, 3.63) is 0 Å². The van der Waals surface area contributed by atoms with Gasteiger partial charge in [-0.25, -0.2) is 4.18 Å². The first-order valence-corrected chi connectivity index (χ1v) is 4.38. The maximum atomic E-state index is 10.8. The highest BCUT2D eigenvalue weighted by Gasteiger charge is 2.67. The van der Waals surface area contributed by atoms with E-state index in [9.17, 15) is 8.42 Å². The van der Waals surface area contributed by atoms with Crippen molar-refractivity contribution in [3.8, 4) is 0 Å². The van der Waals surface area contributed by atoms with E-state index < -0.39 is 14.6 Å². The second kappa shape index (κ2) is 1.84. The largest absolute Gasteiger partial charge is 0.427 e. The lowest BCUT2D eigenvalue weighted by atomic mass is 11.5. The Morgan fingerprint density at radius 1 is 1.40 bits per heavy atom. The molecular formula is C2H2O6S2. The zero-order valence-electron chi connectivity index (χ0n) is 4.47. The number of rotatable bonds is 0. The quantitative estimate of drug-likeness (QED) is 0.219. The van der Waals surface area contributed by atoms with Gasteiger partial charge in [0.2, 0.25) is 0 Å². The molecular weight excluding hydrogens is 184 g/mol. The fourth-order valence-electron chi connectivity index (χ4n) is 0.438. The van der Waals surface area contributed by atoms with Crippen molar-refractivity contribution in [1.82, 2.24) is 0 Å². The van der Waals surface area contributed by atoms with Crippen LogP contribution in [0.5, 0.6) is 0 Å². The van der Waals surface area contributed by atoms with Gasteiger partial charge in [0.25, 0.3) is 0 Å². The van der Waals surface area contributed by atoms with Gasteiger partial charge in [-0.15, -0.1) is 0 Å². The fourth-order valence-corrected chi connectivity index (χ4v) is 1.97. The molecule has 58 valence electrons. The topological polar surface area (TPSA) is 77.7 Å². The minimum atomic E-state index is -3.76. The summed E-state index contributed by atoms with van der Waals surface area (Å²) >= 11 is 0.581. The Labute approximate surface area is 60.6 Å². The van der Waals surface area contributed by atoms with Crippen LogP contribution in [0.4, 0.5) is 0 Å². The summed E-state index contributed by atoms with van der Waals surface area (Å²) in [6.45, 7) is -0.304. The molecule has 2 aliphatic rings. The maximum Gasteiger partial charge on any atom is 0.427 e. The lowest BCUT2D eigenvalue weighted by Crippen LogP contribution is -2.28. The smallest absolute Gasteiger partial charge is 0.279 e. The molecule has 0 saturated carbocycles. The fraction of sp³-hybridized carbons (Fsp3) is 1.00. The predicted molar refractivity (Wildman–Crippen MR) is 28.4 cm³/mol. The van der Waals surface area contributed by atoms with Crippen LogP contribution in [-0.2, 0) is 28.3 Å². The summed E-state index contributed by atoms with van der Waals surface area (Å²) in [5.41, 5.74) is 0. The summed E-state index contributed by atoms with van der Waals surface area (Å²) in [6.07, 6.45) is 0. The van der Waals surface area contributed by atoms with E-state index in [4.69, 9.17) is 0 Å². The average Bonchev–Trinajstić information content (AvgIpc) is 2.59. The van der Waals surface area contributed by atoms with Crippen LogP contribution in [0.1, 0.15) is 0 Å². The molecule has 0 aromatic heterocycles. The summed E-state index contributed by atoms with van der Waals surface area (Å²) in [7, 11) is -3.76. The van der Waals surface area contributed by atoms with Gasteiger partial charge in [-0.3, -0.25) is 4.18 Å².